The highest BCUT2D eigenvalue weighted by Gasteiger charge is 2.26. The lowest BCUT2D eigenvalue weighted by atomic mass is 9.82. The lowest BCUT2D eigenvalue weighted by molar-refractivity contribution is -0.136. The number of thiazole rings is 1. The fourth-order valence-corrected chi connectivity index (χ4v) is 7.40. The van der Waals surface area contributed by atoms with Crippen LogP contribution in [0.2, 0.25) is 0 Å². The Balaban J connectivity index is 1.93. The maximum absolute atomic E-state index is 13.8. The van der Waals surface area contributed by atoms with E-state index in [4.69, 9.17) is 4.74 Å². The highest BCUT2D eigenvalue weighted by molar-refractivity contribution is 8.02. The van der Waals surface area contributed by atoms with Crippen molar-refractivity contribution in [2.24, 2.45) is 5.92 Å². The second-order valence-electron chi connectivity index (χ2n) is 10.5. The first-order valence-corrected chi connectivity index (χ1v) is 16.7. The number of ether oxygens (including phenoxy) is 1. The van der Waals surface area contributed by atoms with Crippen molar-refractivity contribution in [1.29, 1.82) is 0 Å². The number of nitrogens with one attached hydrogen (secondary N) is 1. The average molecular weight is 593 g/mol. The van der Waals surface area contributed by atoms with Crippen molar-refractivity contribution < 1.29 is 23.1 Å². The van der Waals surface area contributed by atoms with Crippen molar-refractivity contribution in [3.63, 3.8) is 0 Å². The second-order valence-corrected chi connectivity index (χ2v) is 14.8. The Labute approximate surface area is 240 Å². The summed E-state index contributed by atoms with van der Waals surface area (Å²) in [5, 5.41) is 8.57. The third kappa shape index (κ3) is 8.11. The maximum Gasteiger partial charge on any atom is 0.316 e. The van der Waals surface area contributed by atoms with E-state index in [1.165, 1.54) is 23.1 Å². The molecule has 7 nitrogen and oxygen atoms in total. The third-order valence-corrected chi connectivity index (χ3v) is 10.8. The van der Waals surface area contributed by atoms with E-state index in [-0.39, 0.29) is 10.3 Å². The third-order valence-electron chi connectivity index (χ3n) is 7.16. The van der Waals surface area contributed by atoms with Gasteiger partial charge in [-0.25, -0.2) is 13.4 Å². The predicted octanol–water partition coefficient (Wildman–Crippen LogP) is 7.95. The van der Waals surface area contributed by atoms with Gasteiger partial charge in [0.2, 0.25) is 0 Å². The van der Waals surface area contributed by atoms with Crippen molar-refractivity contribution in [3.05, 3.63) is 42.0 Å². The monoisotopic (exact) mass is 592 g/mol. The van der Waals surface area contributed by atoms with Gasteiger partial charge in [0.1, 0.15) is 15.9 Å². The van der Waals surface area contributed by atoms with Crippen molar-refractivity contribution in [3.8, 4) is 5.75 Å². The molecule has 0 fully saturated rings. The number of carbonyl (C=O) groups is 1. The zero-order valence-corrected chi connectivity index (χ0v) is 26.1. The zero-order valence-electron chi connectivity index (χ0n) is 23.6. The number of anilines is 1. The molecule has 2 atom stereocenters. The molecule has 1 heterocycles. The summed E-state index contributed by atoms with van der Waals surface area (Å²) in [5.41, 5.74) is 1.84. The molecular formula is C29H40N2O5S3. The van der Waals surface area contributed by atoms with Crippen molar-refractivity contribution in [2.75, 3.05) is 11.3 Å². The van der Waals surface area contributed by atoms with Gasteiger partial charge < -0.3 is 9.84 Å². The molecule has 0 aliphatic heterocycles. The van der Waals surface area contributed by atoms with Gasteiger partial charge in [0.15, 0.2) is 4.34 Å². The number of sulfonamides is 1. The molecule has 0 saturated heterocycles. The standard InChI is InChI=1S/C29H40N2O5S3/c1-7-10-11-20(8-2)18-36-24-15-12-21(29(5,6)9-3)16-26(24)39(34,35)31-22-13-14-23-25(17-22)38-28(30-23)37-19(4)27(32)33/h12-17,19-20,31H,7-11,18H2,1-6H3,(H,32,33). The highest BCUT2D eigenvalue weighted by Crippen LogP contribution is 2.36. The molecule has 0 saturated carbocycles. The number of carboxylic acids is 1. The zero-order chi connectivity index (χ0) is 28.8. The average Bonchev–Trinajstić information content (AvgIpc) is 3.29. The fraction of sp³-hybridized carbons (Fsp3) is 0.517. The van der Waals surface area contributed by atoms with Crippen LogP contribution >= 0.6 is 23.1 Å². The Hall–Kier alpha value is -2.30. The van der Waals surface area contributed by atoms with E-state index in [2.05, 4.69) is 44.3 Å². The Morgan fingerprint density at radius 2 is 1.92 bits per heavy atom. The molecule has 2 aromatic carbocycles. The molecule has 0 aliphatic rings. The topological polar surface area (TPSA) is 106 Å². The SMILES string of the molecule is CCCCC(CC)COc1ccc(C(C)(C)CC)cc1S(=O)(=O)Nc1ccc2nc(SC(C)C(=O)O)sc2c1. The van der Waals surface area contributed by atoms with Crippen LogP contribution in [-0.2, 0) is 20.2 Å². The molecule has 3 aromatic rings. The molecule has 0 aliphatic carbocycles. The molecular weight excluding hydrogens is 553 g/mol. The number of thioether (sulfide) groups is 1. The molecule has 2 N–H and O–H groups in total. The first-order chi connectivity index (χ1) is 18.4. The van der Waals surface area contributed by atoms with Gasteiger partial charge in [-0.1, -0.05) is 71.7 Å². The number of hydrogen-bond acceptors (Lipinski definition) is 7. The Morgan fingerprint density at radius 1 is 1.18 bits per heavy atom. The van der Waals surface area contributed by atoms with Gasteiger partial charge in [-0.05, 0) is 67.0 Å². The summed E-state index contributed by atoms with van der Waals surface area (Å²) in [6.45, 7) is 12.7. The van der Waals surface area contributed by atoms with E-state index in [0.717, 1.165) is 42.4 Å². The number of aliphatic carboxylic acids is 1. The van der Waals surface area contributed by atoms with E-state index in [1.54, 1.807) is 37.3 Å². The largest absolute Gasteiger partial charge is 0.492 e. The summed E-state index contributed by atoms with van der Waals surface area (Å²) in [6, 6.07) is 10.6. The molecule has 1 aromatic heterocycles. The van der Waals surface area contributed by atoms with Crippen LogP contribution in [0.15, 0.2) is 45.6 Å². The number of benzene rings is 2. The Kier molecular flexibility index (Phi) is 10.7. The highest BCUT2D eigenvalue weighted by atomic mass is 32.2. The van der Waals surface area contributed by atoms with Crippen LogP contribution in [0, 0.1) is 5.92 Å². The first-order valence-electron chi connectivity index (χ1n) is 13.5. The molecule has 214 valence electrons. The van der Waals surface area contributed by atoms with Gasteiger partial charge in [-0.3, -0.25) is 9.52 Å². The molecule has 0 spiro atoms. The number of hydrogen-bond donors (Lipinski definition) is 2. The molecule has 10 heteroatoms. The summed E-state index contributed by atoms with van der Waals surface area (Å²) in [4.78, 5) is 15.8. The quantitative estimate of drug-likeness (QED) is 0.173. The number of unbranched alkanes of at least 4 members (excludes halogenated alkanes) is 1. The van der Waals surface area contributed by atoms with Gasteiger partial charge >= 0.3 is 5.97 Å². The lowest BCUT2D eigenvalue weighted by Crippen LogP contribution is -2.20. The minimum atomic E-state index is -3.97. The van der Waals surface area contributed by atoms with Crippen LogP contribution in [-0.4, -0.2) is 36.3 Å². The van der Waals surface area contributed by atoms with Gasteiger partial charge in [0, 0.05) is 0 Å². The van der Waals surface area contributed by atoms with Gasteiger partial charge in [-0.2, -0.15) is 0 Å². The van der Waals surface area contributed by atoms with E-state index in [0.29, 0.717) is 33.8 Å². The van der Waals surface area contributed by atoms with Crippen LogP contribution in [0.25, 0.3) is 10.2 Å². The van der Waals surface area contributed by atoms with Crippen molar-refractivity contribution in [2.45, 2.75) is 93.5 Å². The fourth-order valence-electron chi connectivity index (χ4n) is 4.00. The first kappa shape index (κ1) is 31.2. The van der Waals surface area contributed by atoms with Crippen LogP contribution in [0.1, 0.15) is 79.2 Å². The van der Waals surface area contributed by atoms with Gasteiger partial charge in [-0.15, -0.1) is 11.3 Å². The van der Waals surface area contributed by atoms with Gasteiger partial charge in [0.25, 0.3) is 10.0 Å². The normalized spacial score (nSPS) is 13.8. The van der Waals surface area contributed by atoms with Crippen LogP contribution < -0.4 is 9.46 Å². The van der Waals surface area contributed by atoms with Crippen molar-refractivity contribution in [1.82, 2.24) is 4.98 Å². The number of carboxylic acid groups (broad SMARTS) is 1. The smallest absolute Gasteiger partial charge is 0.316 e. The predicted molar refractivity (Wildman–Crippen MR) is 162 cm³/mol. The molecule has 39 heavy (non-hydrogen) atoms. The summed E-state index contributed by atoms with van der Waals surface area (Å²) >= 11 is 2.51. The van der Waals surface area contributed by atoms with E-state index in [9.17, 15) is 18.3 Å². The van der Waals surface area contributed by atoms with Crippen LogP contribution in [0.5, 0.6) is 5.75 Å². The van der Waals surface area contributed by atoms with Crippen molar-refractivity contribution >= 4 is 55.0 Å². The number of aromatic nitrogens is 1. The second kappa shape index (κ2) is 13.4. The summed E-state index contributed by atoms with van der Waals surface area (Å²) in [6.07, 6.45) is 5.12. The molecule has 0 amide bonds. The molecule has 0 radical (unpaired) electrons. The summed E-state index contributed by atoms with van der Waals surface area (Å²) in [5.74, 6) is -0.187. The minimum absolute atomic E-state index is 0.128. The van der Waals surface area contributed by atoms with E-state index >= 15 is 0 Å². The number of fused-ring (bicyclic) bond motifs is 1. The molecule has 3 rings (SSSR count). The Bertz CT molecular complexity index is 1380. The van der Waals surface area contributed by atoms with Gasteiger partial charge in [0.05, 0.1) is 22.5 Å². The summed E-state index contributed by atoms with van der Waals surface area (Å²) < 4.78 is 37.8. The molecule has 0 bridgehead atoms. The molecule has 2 unspecified atom stereocenters. The lowest BCUT2D eigenvalue weighted by Gasteiger charge is -2.25. The number of rotatable bonds is 15. The summed E-state index contributed by atoms with van der Waals surface area (Å²) in [7, 11) is -3.97. The van der Waals surface area contributed by atoms with Crippen LogP contribution in [0.3, 0.4) is 0 Å². The number of nitrogens with zero attached hydrogens (tertiary/aromatic N) is 1. The maximum atomic E-state index is 13.8. The minimum Gasteiger partial charge on any atom is -0.492 e. The Morgan fingerprint density at radius 3 is 2.56 bits per heavy atom. The van der Waals surface area contributed by atoms with Crippen LogP contribution in [0.4, 0.5) is 5.69 Å². The van der Waals surface area contributed by atoms with E-state index < -0.39 is 21.2 Å². The van der Waals surface area contributed by atoms with E-state index in [1.807, 2.05) is 6.07 Å².